The van der Waals surface area contributed by atoms with Gasteiger partial charge in [-0.15, -0.1) is 5.10 Å². The van der Waals surface area contributed by atoms with E-state index in [9.17, 15) is 19.6 Å². The second kappa shape index (κ2) is 7.68. The maximum atomic E-state index is 12.2. The third-order valence-corrected chi connectivity index (χ3v) is 3.34. The Morgan fingerprint density at radius 3 is 2.54 bits per heavy atom. The molecule has 0 aliphatic heterocycles. The molecule has 24 heavy (non-hydrogen) atoms. The molecule has 0 bridgehead atoms. The van der Waals surface area contributed by atoms with Crippen molar-refractivity contribution in [3.63, 3.8) is 0 Å². The van der Waals surface area contributed by atoms with Crippen molar-refractivity contribution in [3.05, 3.63) is 47.8 Å². The Hall–Kier alpha value is -2.76. The molecule has 6 N–H and O–H groups in total. The fourth-order valence-corrected chi connectivity index (χ4v) is 2.04. The van der Waals surface area contributed by atoms with Crippen LogP contribution < -0.4 is 11.1 Å². The number of hydrogen-bond donors (Lipinski definition) is 5. The molecule has 2 atom stereocenters. The zero-order valence-electron chi connectivity index (χ0n) is 12.5. The summed E-state index contributed by atoms with van der Waals surface area (Å²) < 4.78 is 0.945. The summed E-state index contributed by atoms with van der Waals surface area (Å²) in [5.74, 6) is -3.14. The van der Waals surface area contributed by atoms with Gasteiger partial charge in [-0.3, -0.25) is 4.79 Å². The molecule has 2 aromatic rings. The van der Waals surface area contributed by atoms with Gasteiger partial charge in [0.25, 0.3) is 0 Å². The SMILES string of the molecule is N[C@@H](C(=O)N[C@@H](Cn1nncc1C(=O)O)B(O)O)c1ccccc1. The zero-order chi connectivity index (χ0) is 17.7. The van der Waals surface area contributed by atoms with Crippen molar-refractivity contribution in [3.8, 4) is 0 Å². The molecule has 11 heteroatoms. The molecule has 0 saturated heterocycles. The molecule has 0 radical (unpaired) electrons. The van der Waals surface area contributed by atoms with Crippen LogP contribution >= 0.6 is 0 Å². The molecule has 1 heterocycles. The van der Waals surface area contributed by atoms with Crippen LogP contribution in [0.3, 0.4) is 0 Å². The molecule has 126 valence electrons. The molecule has 0 aliphatic rings. The van der Waals surface area contributed by atoms with E-state index in [0.717, 1.165) is 10.9 Å². The summed E-state index contributed by atoms with van der Waals surface area (Å²) in [6.45, 7) is -0.299. The molecule has 0 saturated carbocycles. The number of hydrogen-bond acceptors (Lipinski definition) is 7. The predicted octanol–water partition coefficient (Wildman–Crippen LogP) is -1.83. The summed E-state index contributed by atoms with van der Waals surface area (Å²) in [4.78, 5) is 23.2. The average Bonchev–Trinajstić information content (AvgIpc) is 3.02. The summed E-state index contributed by atoms with van der Waals surface area (Å²) in [6.07, 6.45) is 1.01. The van der Waals surface area contributed by atoms with Gasteiger partial charge in [0.15, 0.2) is 5.69 Å². The molecule has 1 amide bonds. The second-order valence-corrected chi connectivity index (χ2v) is 5.02. The molecule has 0 spiro atoms. The first-order valence-electron chi connectivity index (χ1n) is 6.99. The Morgan fingerprint density at radius 1 is 1.29 bits per heavy atom. The average molecular weight is 333 g/mol. The number of nitrogens with two attached hydrogens (primary N) is 1. The first-order valence-corrected chi connectivity index (χ1v) is 6.99. The highest BCUT2D eigenvalue weighted by molar-refractivity contribution is 6.43. The highest BCUT2D eigenvalue weighted by Gasteiger charge is 2.29. The third kappa shape index (κ3) is 4.16. The van der Waals surface area contributed by atoms with Gasteiger partial charge in [0.05, 0.1) is 18.7 Å². The number of carbonyl (C=O) groups excluding carboxylic acids is 1. The zero-order valence-corrected chi connectivity index (χ0v) is 12.5. The molecular weight excluding hydrogens is 317 g/mol. The van der Waals surface area contributed by atoms with Gasteiger partial charge >= 0.3 is 13.1 Å². The van der Waals surface area contributed by atoms with Crippen LogP contribution in [0.4, 0.5) is 0 Å². The number of amides is 1. The Labute approximate surface area is 137 Å². The number of carbonyl (C=O) groups is 2. The van der Waals surface area contributed by atoms with E-state index in [1.165, 1.54) is 0 Å². The number of rotatable bonds is 7. The van der Waals surface area contributed by atoms with Crippen molar-refractivity contribution in [2.45, 2.75) is 18.5 Å². The van der Waals surface area contributed by atoms with E-state index < -0.39 is 31.0 Å². The summed E-state index contributed by atoms with van der Waals surface area (Å²) >= 11 is 0. The van der Waals surface area contributed by atoms with Crippen molar-refractivity contribution in [2.75, 3.05) is 0 Å². The lowest BCUT2D eigenvalue weighted by molar-refractivity contribution is -0.123. The van der Waals surface area contributed by atoms with Gasteiger partial charge in [-0.05, 0) is 5.56 Å². The molecular formula is C13H16BN5O5. The normalized spacial score (nSPS) is 13.1. The van der Waals surface area contributed by atoms with Crippen molar-refractivity contribution in [1.29, 1.82) is 0 Å². The van der Waals surface area contributed by atoms with Crippen LogP contribution in [-0.2, 0) is 11.3 Å². The number of nitrogens with one attached hydrogen (secondary N) is 1. The number of nitrogens with zero attached hydrogens (tertiary/aromatic N) is 3. The molecule has 0 unspecified atom stereocenters. The van der Waals surface area contributed by atoms with E-state index in [0.29, 0.717) is 5.56 Å². The first-order chi connectivity index (χ1) is 11.4. The number of aromatic carboxylic acids is 1. The standard InChI is InChI=1S/C13H16BN5O5/c15-11(8-4-2-1-3-5-8)12(20)17-10(14(23)24)7-19-9(13(21)22)6-16-18-19/h1-6,10-11,23-24H,7,15H2,(H,17,20)(H,21,22)/t10-,11+/m0/s1. The van der Waals surface area contributed by atoms with Gasteiger partial charge in [0.2, 0.25) is 5.91 Å². The lowest BCUT2D eigenvalue weighted by atomic mass is 9.79. The minimum Gasteiger partial charge on any atom is -0.476 e. The predicted molar refractivity (Wildman–Crippen MR) is 82.5 cm³/mol. The smallest absolute Gasteiger partial charge is 0.476 e. The molecule has 2 rings (SSSR count). The Kier molecular flexibility index (Phi) is 5.63. The number of aromatic nitrogens is 3. The molecule has 0 fully saturated rings. The van der Waals surface area contributed by atoms with Gasteiger partial charge < -0.3 is 26.2 Å². The van der Waals surface area contributed by atoms with Crippen LogP contribution in [0.15, 0.2) is 36.5 Å². The van der Waals surface area contributed by atoms with Crippen LogP contribution in [0, 0.1) is 0 Å². The lowest BCUT2D eigenvalue weighted by Crippen LogP contribution is -2.51. The van der Waals surface area contributed by atoms with Crippen LogP contribution in [0.1, 0.15) is 22.1 Å². The number of benzene rings is 1. The number of carboxylic acid groups (broad SMARTS) is 1. The maximum absolute atomic E-state index is 12.2. The molecule has 0 aliphatic carbocycles. The summed E-state index contributed by atoms with van der Waals surface area (Å²) in [5, 5.41) is 37.2. The van der Waals surface area contributed by atoms with E-state index in [-0.39, 0.29) is 12.2 Å². The maximum Gasteiger partial charge on any atom is 0.477 e. The van der Waals surface area contributed by atoms with Crippen molar-refractivity contribution >= 4 is 19.0 Å². The Balaban J connectivity index is 2.09. The highest BCUT2D eigenvalue weighted by atomic mass is 16.4. The Bertz CT molecular complexity index is 708. The highest BCUT2D eigenvalue weighted by Crippen LogP contribution is 2.10. The van der Waals surface area contributed by atoms with Gasteiger partial charge in [-0.2, -0.15) is 0 Å². The largest absolute Gasteiger partial charge is 0.477 e. The van der Waals surface area contributed by atoms with Gasteiger partial charge in [0, 0.05) is 0 Å². The van der Waals surface area contributed by atoms with Crippen LogP contribution in [0.2, 0.25) is 0 Å². The van der Waals surface area contributed by atoms with Gasteiger partial charge in [-0.1, -0.05) is 35.5 Å². The fraction of sp³-hybridized carbons (Fsp3) is 0.231. The first kappa shape index (κ1) is 17.6. The summed E-state index contributed by atoms with van der Waals surface area (Å²) in [5.41, 5.74) is 6.14. The van der Waals surface area contributed by atoms with Crippen molar-refractivity contribution in [1.82, 2.24) is 20.3 Å². The number of carboxylic acids is 1. The lowest BCUT2D eigenvalue weighted by Gasteiger charge is -2.20. The van der Waals surface area contributed by atoms with E-state index >= 15 is 0 Å². The topological polar surface area (TPSA) is 164 Å². The quantitative estimate of drug-likeness (QED) is 0.369. The molecule has 1 aromatic carbocycles. The van der Waals surface area contributed by atoms with Crippen LogP contribution in [0.5, 0.6) is 0 Å². The van der Waals surface area contributed by atoms with Crippen LogP contribution in [0.25, 0.3) is 0 Å². The minimum absolute atomic E-state index is 0.248. The van der Waals surface area contributed by atoms with E-state index in [1.807, 2.05) is 0 Å². The van der Waals surface area contributed by atoms with Gasteiger partial charge in [-0.25, -0.2) is 9.48 Å². The van der Waals surface area contributed by atoms with E-state index in [2.05, 4.69) is 15.6 Å². The van der Waals surface area contributed by atoms with E-state index in [1.54, 1.807) is 30.3 Å². The molecule has 10 nitrogen and oxygen atoms in total. The monoisotopic (exact) mass is 333 g/mol. The second-order valence-electron chi connectivity index (χ2n) is 5.02. The van der Waals surface area contributed by atoms with Gasteiger partial charge in [0.1, 0.15) is 6.04 Å². The summed E-state index contributed by atoms with van der Waals surface area (Å²) in [6, 6.07) is 7.52. The molecule has 1 aromatic heterocycles. The fourth-order valence-electron chi connectivity index (χ4n) is 2.04. The van der Waals surface area contributed by atoms with Crippen molar-refractivity contribution in [2.24, 2.45) is 5.73 Å². The van der Waals surface area contributed by atoms with Crippen molar-refractivity contribution < 1.29 is 24.7 Å². The summed E-state index contributed by atoms with van der Waals surface area (Å²) in [7, 11) is -1.94. The Morgan fingerprint density at radius 2 is 1.96 bits per heavy atom. The van der Waals surface area contributed by atoms with Crippen LogP contribution in [-0.4, -0.2) is 55.1 Å². The third-order valence-electron chi connectivity index (χ3n) is 3.34. The van der Waals surface area contributed by atoms with E-state index in [4.69, 9.17) is 10.8 Å². The minimum atomic E-state index is -1.94.